The normalized spacial score (nSPS) is 12.8. The predicted molar refractivity (Wildman–Crippen MR) is 126 cm³/mol. The number of hydrogen-bond donors (Lipinski definition) is 4. The first-order valence-corrected chi connectivity index (χ1v) is 10.9. The Bertz CT molecular complexity index is 1280. The first-order chi connectivity index (χ1) is 16.5. The number of aromatic amines is 1. The molecule has 4 aromatic rings. The van der Waals surface area contributed by atoms with Gasteiger partial charge in [0.2, 0.25) is 11.8 Å². The molecule has 0 aliphatic heterocycles. The minimum Gasteiger partial charge on any atom is -0.383 e. The number of nitrogens with one attached hydrogen (secondary N) is 3. The van der Waals surface area contributed by atoms with E-state index in [0.29, 0.717) is 0 Å². The highest BCUT2D eigenvalue weighted by atomic mass is 19.1. The Kier molecular flexibility index (Phi) is 7.29. The van der Waals surface area contributed by atoms with E-state index in [9.17, 15) is 19.1 Å². The Morgan fingerprint density at radius 1 is 0.971 bits per heavy atom. The van der Waals surface area contributed by atoms with Crippen molar-refractivity contribution >= 4 is 22.8 Å². The van der Waals surface area contributed by atoms with Crippen LogP contribution in [0.2, 0.25) is 0 Å². The van der Waals surface area contributed by atoms with Crippen molar-refractivity contribution in [3.63, 3.8) is 0 Å². The van der Waals surface area contributed by atoms with Gasteiger partial charge in [0.25, 0.3) is 0 Å². The monoisotopic (exact) mass is 460 g/mol. The molecule has 4 rings (SSSR count). The zero-order valence-corrected chi connectivity index (χ0v) is 18.4. The van der Waals surface area contributed by atoms with Crippen LogP contribution in [0.4, 0.5) is 4.39 Å². The Morgan fingerprint density at radius 3 is 2.53 bits per heavy atom. The Morgan fingerprint density at radius 2 is 1.74 bits per heavy atom. The molecule has 34 heavy (non-hydrogen) atoms. The zero-order valence-electron chi connectivity index (χ0n) is 18.4. The summed E-state index contributed by atoms with van der Waals surface area (Å²) in [5.74, 6) is -1.66. The summed E-state index contributed by atoms with van der Waals surface area (Å²) in [6.07, 6.45) is 2.12. The van der Waals surface area contributed by atoms with Gasteiger partial charge in [-0.15, -0.1) is 0 Å². The van der Waals surface area contributed by atoms with E-state index in [1.807, 2.05) is 30.3 Å². The summed E-state index contributed by atoms with van der Waals surface area (Å²) >= 11 is 0. The van der Waals surface area contributed by atoms with E-state index in [4.69, 9.17) is 0 Å². The van der Waals surface area contributed by atoms with Crippen LogP contribution in [0.5, 0.6) is 0 Å². The molecule has 2 atom stereocenters. The van der Waals surface area contributed by atoms with Crippen molar-refractivity contribution in [2.75, 3.05) is 0 Å². The molecule has 2 amide bonds. The minimum absolute atomic E-state index is 0.0581. The minimum atomic E-state index is -1.35. The van der Waals surface area contributed by atoms with Crippen LogP contribution in [0.15, 0.2) is 79.1 Å². The zero-order chi connectivity index (χ0) is 23.9. The van der Waals surface area contributed by atoms with Crippen LogP contribution < -0.4 is 10.6 Å². The highest BCUT2D eigenvalue weighted by Crippen LogP contribution is 2.13. The van der Waals surface area contributed by atoms with E-state index in [-0.39, 0.29) is 24.9 Å². The fourth-order valence-electron chi connectivity index (χ4n) is 3.69. The van der Waals surface area contributed by atoms with Crippen LogP contribution in [0.3, 0.4) is 0 Å². The van der Waals surface area contributed by atoms with Crippen LogP contribution in [-0.4, -0.2) is 39.0 Å². The summed E-state index contributed by atoms with van der Waals surface area (Å²) in [5, 5.41) is 16.7. The molecule has 174 valence electrons. The lowest BCUT2D eigenvalue weighted by Crippen LogP contribution is -2.51. The summed E-state index contributed by atoms with van der Waals surface area (Å²) in [7, 11) is 0. The Balaban J connectivity index is 1.45. The number of fused-ring (bicyclic) bond motifs is 1. The quantitative estimate of drug-likeness (QED) is 0.308. The number of amides is 2. The largest absolute Gasteiger partial charge is 0.383 e. The molecule has 0 radical (unpaired) electrons. The van der Waals surface area contributed by atoms with Crippen molar-refractivity contribution in [1.29, 1.82) is 0 Å². The molecule has 2 heterocycles. The molecule has 8 heteroatoms. The molecule has 0 aliphatic rings. The maximum absolute atomic E-state index is 14.3. The lowest BCUT2D eigenvalue weighted by Gasteiger charge is -2.21. The number of carbonyl (C=O) groups excluding carboxylic acids is 2. The van der Waals surface area contributed by atoms with Crippen LogP contribution in [0.1, 0.15) is 16.7 Å². The number of aliphatic hydroxyl groups is 1. The lowest BCUT2D eigenvalue weighted by atomic mass is 10.0. The number of carbonyl (C=O) groups is 2. The smallest absolute Gasteiger partial charge is 0.249 e. The van der Waals surface area contributed by atoms with Gasteiger partial charge in [0.15, 0.2) is 0 Å². The van der Waals surface area contributed by atoms with Crippen LogP contribution in [0.25, 0.3) is 11.0 Å². The average Bonchev–Trinajstić information content (AvgIpc) is 3.32. The van der Waals surface area contributed by atoms with E-state index in [1.165, 1.54) is 6.07 Å². The van der Waals surface area contributed by atoms with Crippen LogP contribution in [0, 0.1) is 5.82 Å². The number of aromatic nitrogens is 2. The number of aliphatic hydroxyl groups excluding tert-OH is 1. The van der Waals surface area contributed by atoms with Gasteiger partial charge >= 0.3 is 0 Å². The summed E-state index contributed by atoms with van der Waals surface area (Å²) in [5.41, 5.74) is 2.59. The number of H-pyrrole nitrogens is 1. The Labute approximate surface area is 196 Å². The van der Waals surface area contributed by atoms with Gasteiger partial charge in [0.05, 0.1) is 0 Å². The van der Waals surface area contributed by atoms with E-state index in [2.05, 4.69) is 20.6 Å². The van der Waals surface area contributed by atoms with Gasteiger partial charge in [-0.05, 0) is 34.9 Å². The maximum Gasteiger partial charge on any atom is 0.249 e. The second-order valence-corrected chi connectivity index (χ2v) is 8.04. The van der Waals surface area contributed by atoms with Crippen molar-refractivity contribution in [3.8, 4) is 0 Å². The topological polar surface area (TPSA) is 107 Å². The van der Waals surface area contributed by atoms with Crippen molar-refractivity contribution in [1.82, 2.24) is 20.6 Å². The van der Waals surface area contributed by atoms with E-state index < -0.39 is 29.8 Å². The molecule has 2 aromatic carbocycles. The van der Waals surface area contributed by atoms with E-state index in [1.54, 1.807) is 42.7 Å². The van der Waals surface area contributed by atoms with Crippen molar-refractivity contribution in [3.05, 3.63) is 102 Å². The molecular weight excluding hydrogens is 435 g/mol. The molecule has 7 nitrogen and oxygen atoms in total. The predicted octanol–water partition coefficient (Wildman–Crippen LogP) is 2.65. The maximum atomic E-state index is 14.3. The third kappa shape index (κ3) is 5.85. The van der Waals surface area contributed by atoms with Gasteiger partial charge in [0, 0.05) is 37.2 Å². The standard InChI is InChI=1S/C26H25FN4O3/c27-21-9-5-4-8-19(21)14-22(31-26(34)23(32)13-17-6-2-1-3-7-17)25(33)30-16-18-12-20-10-11-28-24(20)29-15-18/h1-12,15,22-23,32H,13-14,16H2,(H,28,29)(H,30,33)(H,31,34)/t22-,23?/m0/s1. The molecule has 2 aromatic heterocycles. The van der Waals surface area contributed by atoms with Crippen LogP contribution >= 0.6 is 0 Å². The number of halogens is 1. The summed E-state index contributed by atoms with van der Waals surface area (Å²) in [4.78, 5) is 33.0. The lowest BCUT2D eigenvalue weighted by molar-refractivity contribution is -0.134. The van der Waals surface area contributed by atoms with Gasteiger partial charge in [-0.2, -0.15) is 0 Å². The highest BCUT2D eigenvalue weighted by Gasteiger charge is 2.25. The number of pyridine rings is 1. The fourth-order valence-corrected chi connectivity index (χ4v) is 3.69. The number of nitrogens with zero attached hydrogens (tertiary/aromatic N) is 1. The molecule has 0 bridgehead atoms. The van der Waals surface area contributed by atoms with Gasteiger partial charge < -0.3 is 20.7 Å². The molecule has 0 aliphatic carbocycles. The third-order valence-corrected chi connectivity index (χ3v) is 5.51. The molecule has 4 N–H and O–H groups in total. The summed E-state index contributed by atoms with van der Waals surface area (Å²) in [6.45, 7) is 0.184. The third-order valence-electron chi connectivity index (χ3n) is 5.51. The number of benzene rings is 2. The van der Waals surface area contributed by atoms with E-state index >= 15 is 0 Å². The van der Waals surface area contributed by atoms with Gasteiger partial charge in [0.1, 0.15) is 23.6 Å². The van der Waals surface area contributed by atoms with E-state index in [0.717, 1.165) is 22.2 Å². The highest BCUT2D eigenvalue weighted by molar-refractivity contribution is 5.89. The summed E-state index contributed by atoms with van der Waals surface area (Å²) in [6, 6.07) is 17.9. The Hall–Kier alpha value is -4.04. The molecule has 1 unspecified atom stereocenters. The van der Waals surface area contributed by atoms with Gasteiger partial charge in [-0.25, -0.2) is 9.37 Å². The molecule has 0 spiro atoms. The molecule has 0 fully saturated rings. The number of hydrogen-bond acceptors (Lipinski definition) is 4. The van der Waals surface area contributed by atoms with Gasteiger partial charge in [-0.1, -0.05) is 48.5 Å². The average molecular weight is 461 g/mol. The van der Waals surface area contributed by atoms with Crippen molar-refractivity contribution < 1.29 is 19.1 Å². The second kappa shape index (κ2) is 10.7. The van der Waals surface area contributed by atoms with Crippen molar-refractivity contribution in [2.45, 2.75) is 31.5 Å². The fraction of sp³-hybridized carbons (Fsp3) is 0.192. The molecular formula is C26H25FN4O3. The second-order valence-electron chi connectivity index (χ2n) is 8.04. The first kappa shape index (κ1) is 23.1. The van der Waals surface area contributed by atoms with Crippen LogP contribution in [-0.2, 0) is 29.0 Å². The first-order valence-electron chi connectivity index (χ1n) is 10.9. The molecule has 0 saturated heterocycles. The molecule has 0 saturated carbocycles. The summed E-state index contributed by atoms with van der Waals surface area (Å²) < 4.78 is 14.3. The number of rotatable bonds is 9. The van der Waals surface area contributed by atoms with Gasteiger partial charge in [-0.3, -0.25) is 9.59 Å². The SMILES string of the molecule is O=C(N[C@@H](Cc1ccccc1F)C(=O)NCc1cnc2[nH]ccc2c1)C(O)Cc1ccccc1. The van der Waals surface area contributed by atoms with Crippen molar-refractivity contribution in [2.24, 2.45) is 0 Å².